The number of tetrazole rings is 1. The molecular formula is C16H22N6O3S. The van der Waals surface area contributed by atoms with E-state index in [1.807, 2.05) is 39.0 Å². The standard InChI is InChI=1S/C16H22N6O3S/c1-10(2)8-17-15(24)18-14(23)9-26-16-19-20-21-22(16)12-7-11(3)5-6-13(12)25-4/h5-7,10H,8-9H2,1-4H3,(H2,17,18,23,24). The fourth-order valence-electron chi connectivity index (χ4n) is 2.02. The number of carbonyl (C=O) groups excluding carboxylic acids is 2. The van der Waals surface area contributed by atoms with Gasteiger partial charge in [-0.15, -0.1) is 5.10 Å². The molecule has 3 amide bonds. The third kappa shape index (κ3) is 5.45. The Balaban J connectivity index is 2.00. The van der Waals surface area contributed by atoms with Crippen molar-refractivity contribution in [2.75, 3.05) is 19.4 Å². The van der Waals surface area contributed by atoms with Crippen molar-refractivity contribution in [3.8, 4) is 11.4 Å². The van der Waals surface area contributed by atoms with Crippen LogP contribution in [0.4, 0.5) is 4.79 Å². The van der Waals surface area contributed by atoms with Crippen molar-refractivity contribution in [1.82, 2.24) is 30.8 Å². The number of nitrogens with one attached hydrogen (secondary N) is 2. The summed E-state index contributed by atoms with van der Waals surface area (Å²) >= 11 is 1.13. The van der Waals surface area contributed by atoms with E-state index in [4.69, 9.17) is 4.74 Å². The Hall–Kier alpha value is -2.62. The first kappa shape index (κ1) is 19.7. The summed E-state index contributed by atoms with van der Waals surface area (Å²) in [5.41, 5.74) is 1.70. The molecule has 1 aromatic heterocycles. The van der Waals surface area contributed by atoms with Gasteiger partial charge in [-0.3, -0.25) is 10.1 Å². The van der Waals surface area contributed by atoms with E-state index in [0.717, 1.165) is 17.3 Å². The zero-order valence-electron chi connectivity index (χ0n) is 15.1. The summed E-state index contributed by atoms with van der Waals surface area (Å²) in [6.45, 7) is 6.38. The maximum atomic E-state index is 11.9. The van der Waals surface area contributed by atoms with Gasteiger partial charge in [0, 0.05) is 6.54 Å². The minimum Gasteiger partial charge on any atom is -0.494 e. The zero-order valence-corrected chi connectivity index (χ0v) is 16.0. The summed E-state index contributed by atoms with van der Waals surface area (Å²) in [5, 5.41) is 16.9. The van der Waals surface area contributed by atoms with Gasteiger partial charge in [-0.05, 0) is 41.0 Å². The summed E-state index contributed by atoms with van der Waals surface area (Å²) in [7, 11) is 1.56. The number of carbonyl (C=O) groups is 2. The van der Waals surface area contributed by atoms with E-state index >= 15 is 0 Å². The molecule has 0 bridgehead atoms. The molecule has 2 rings (SSSR count). The van der Waals surface area contributed by atoms with Gasteiger partial charge >= 0.3 is 6.03 Å². The minimum atomic E-state index is -0.510. The van der Waals surface area contributed by atoms with Gasteiger partial charge in [0.05, 0.1) is 12.9 Å². The molecule has 1 heterocycles. The highest BCUT2D eigenvalue weighted by Gasteiger charge is 2.16. The summed E-state index contributed by atoms with van der Waals surface area (Å²) in [6.07, 6.45) is 0. The fourth-order valence-corrected chi connectivity index (χ4v) is 2.70. The molecule has 2 aromatic rings. The smallest absolute Gasteiger partial charge is 0.321 e. The molecule has 0 spiro atoms. The van der Waals surface area contributed by atoms with Crippen molar-refractivity contribution in [3.05, 3.63) is 23.8 Å². The largest absolute Gasteiger partial charge is 0.494 e. The number of aryl methyl sites for hydroxylation is 1. The number of rotatable bonds is 7. The molecule has 140 valence electrons. The predicted octanol–water partition coefficient (Wildman–Crippen LogP) is 1.55. The van der Waals surface area contributed by atoms with Crippen molar-refractivity contribution < 1.29 is 14.3 Å². The van der Waals surface area contributed by atoms with Crippen LogP contribution in [0, 0.1) is 12.8 Å². The van der Waals surface area contributed by atoms with Crippen molar-refractivity contribution in [2.24, 2.45) is 5.92 Å². The molecule has 0 aliphatic heterocycles. The number of thioether (sulfide) groups is 1. The van der Waals surface area contributed by atoms with Gasteiger partial charge in [-0.1, -0.05) is 31.7 Å². The summed E-state index contributed by atoms with van der Waals surface area (Å²) < 4.78 is 6.85. The first-order valence-corrected chi connectivity index (χ1v) is 9.03. The number of imide groups is 1. The molecule has 0 radical (unpaired) electrons. The third-order valence-corrected chi connectivity index (χ3v) is 4.18. The fraction of sp³-hybridized carbons (Fsp3) is 0.438. The third-order valence-electron chi connectivity index (χ3n) is 3.26. The van der Waals surface area contributed by atoms with E-state index in [-0.39, 0.29) is 5.75 Å². The number of aromatic nitrogens is 4. The second kappa shape index (κ2) is 9.18. The van der Waals surface area contributed by atoms with Crippen LogP contribution in [-0.4, -0.2) is 51.6 Å². The Morgan fingerprint density at radius 3 is 2.81 bits per heavy atom. The number of amides is 3. The number of ether oxygens (including phenoxy) is 1. The Morgan fingerprint density at radius 2 is 2.12 bits per heavy atom. The second-order valence-electron chi connectivity index (χ2n) is 5.99. The average molecular weight is 378 g/mol. The number of methoxy groups -OCH3 is 1. The zero-order chi connectivity index (χ0) is 19.1. The molecule has 0 saturated heterocycles. The first-order chi connectivity index (χ1) is 12.4. The van der Waals surface area contributed by atoms with Gasteiger partial charge in [-0.2, -0.15) is 4.68 Å². The Labute approximate surface area is 155 Å². The summed E-state index contributed by atoms with van der Waals surface area (Å²) in [6, 6.07) is 5.12. The lowest BCUT2D eigenvalue weighted by Crippen LogP contribution is -2.41. The Morgan fingerprint density at radius 1 is 1.35 bits per heavy atom. The lowest BCUT2D eigenvalue weighted by molar-refractivity contribution is -0.117. The van der Waals surface area contributed by atoms with Crippen molar-refractivity contribution in [1.29, 1.82) is 0 Å². The highest BCUT2D eigenvalue weighted by molar-refractivity contribution is 7.99. The van der Waals surface area contributed by atoms with Gasteiger partial charge in [0.2, 0.25) is 11.1 Å². The molecule has 0 fully saturated rings. The van der Waals surface area contributed by atoms with Crippen LogP contribution in [0.5, 0.6) is 5.75 Å². The molecule has 0 saturated carbocycles. The highest BCUT2D eigenvalue weighted by atomic mass is 32.2. The monoisotopic (exact) mass is 378 g/mol. The van der Waals surface area contributed by atoms with Crippen LogP contribution in [0.1, 0.15) is 19.4 Å². The molecule has 0 aliphatic carbocycles. The number of hydrogen-bond donors (Lipinski definition) is 2. The van der Waals surface area contributed by atoms with Crippen LogP contribution in [0.25, 0.3) is 5.69 Å². The van der Waals surface area contributed by atoms with E-state index in [2.05, 4.69) is 26.2 Å². The quantitative estimate of drug-likeness (QED) is 0.703. The Bertz CT molecular complexity index is 777. The number of nitrogens with zero attached hydrogens (tertiary/aromatic N) is 4. The molecule has 26 heavy (non-hydrogen) atoms. The van der Waals surface area contributed by atoms with Gasteiger partial charge in [0.1, 0.15) is 11.4 Å². The number of urea groups is 1. The van der Waals surface area contributed by atoms with Crippen LogP contribution in [0.3, 0.4) is 0 Å². The van der Waals surface area contributed by atoms with E-state index in [1.54, 1.807) is 7.11 Å². The van der Waals surface area contributed by atoms with E-state index in [1.165, 1.54) is 4.68 Å². The number of hydrogen-bond acceptors (Lipinski definition) is 7. The molecule has 9 nitrogen and oxygen atoms in total. The normalized spacial score (nSPS) is 10.7. The van der Waals surface area contributed by atoms with Crippen molar-refractivity contribution in [2.45, 2.75) is 25.9 Å². The lowest BCUT2D eigenvalue weighted by Gasteiger charge is -2.10. The highest BCUT2D eigenvalue weighted by Crippen LogP contribution is 2.26. The van der Waals surface area contributed by atoms with Crippen LogP contribution in [-0.2, 0) is 4.79 Å². The van der Waals surface area contributed by atoms with E-state index in [9.17, 15) is 9.59 Å². The number of benzene rings is 1. The van der Waals surface area contributed by atoms with Gasteiger partial charge in [0.15, 0.2) is 0 Å². The average Bonchev–Trinajstić information content (AvgIpc) is 3.06. The molecule has 2 N–H and O–H groups in total. The van der Waals surface area contributed by atoms with Crippen LogP contribution in [0.2, 0.25) is 0 Å². The second-order valence-corrected chi connectivity index (χ2v) is 6.93. The first-order valence-electron chi connectivity index (χ1n) is 8.04. The predicted molar refractivity (Wildman–Crippen MR) is 97.5 cm³/mol. The maximum Gasteiger partial charge on any atom is 0.321 e. The van der Waals surface area contributed by atoms with Gasteiger partial charge in [-0.25, -0.2) is 4.79 Å². The van der Waals surface area contributed by atoms with Crippen LogP contribution < -0.4 is 15.4 Å². The minimum absolute atomic E-state index is 0.00357. The summed E-state index contributed by atoms with van der Waals surface area (Å²) in [4.78, 5) is 23.5. The molecular weight excluding hydrogens is 356 g/mol. The molecule has 1 aromatic carbocycles. The van der Waals surface area contributed by atoms with E-state index < -0.39 is 11.9 Å². The van der Waals surface area contributed by atoms with Gasteiger partial charge < -0.3 is 10.1 Å². The maximum absolute atomic E-state index is 11.9. The summed E-state index contributed by atoms with van der Waals surface area (Å²) in [5.74, 6) is 0.493. The van der Waals surface area contributed by atoms with Crippen LogP contribution in [0.15, 0.2) is 23.4 Å². The Kier molecular flexibility index (Phi) is 6.96. The SMILES string of the molecule is COc1ccc(C)cc1-n1nnnc1SCC(=O)NC(=O)NCC(C)C. The van der Waals surface area contributed by atoms with Crippen molar-refractivity contribution >= 4 is 23.7 Å². The van der Waals surface area contributed by atoms with Crippen LogP contribution >= 0.6 is 11.8 Å². The lowest BCUT2D eigenvalue weighted by atomic mass is 10.2. The topological polar surface area (TPSA) is 111 Å². The molecule has 0 aliphatic rings. The van der Waals surface area contributed by atoms with Crippen molar-refractivity contribution in [3.63, 3.8) is 0 Å². The van der Waals surface area contributed by atoms with Gasteiger partial charge in [0.25, 0.3) is 0 Å². The molecule has 0 atom stereocenters. The van der Waals surface area contributed by atoms with E-state index in [0.29, 0.717) is 29.1 Å². The molecule has 10 heteroatoms. The molecule has 0 unspecified atom stereocenters.